The van der Waals surface area contributed by atoms with E-state index in [1.807, 2.05) is 0 Å². The maximum atomic E-state index is 10.3. The van der Waals surface area contributed by atoms with Crippen molar-refractivity contribution in [2.24, 2.45) is 0 Å². The predicted octanol–water partition coefficient (Wildman–Crippen LogP) is -0.372. The lowest BCUT2D eigenvalue weighted by atomic mass is 10.7. The summed E-state index contributed by atoms with van der Waals surface area (Å²) in [5, 5.41) is 4.48. The Balaban J connectivity index is 3.26. The highest BCUT2D eigenvalue weighted by atomic mass is 16.2. The number of hydrogen-bond donors (Lipinski definition) is 2. The summed E-state index contributed by atoms with van der Waals surface area (Å²) in [5.41, 5.74) is 0. The van der Waals surface area contributed by atoms with Crippen LogP contribution in [0.3, 0.4) is 0 Å². The minimum Gasteiger partial charge on any atom is -0.331 e. The van der Waals surface area contributed by atoms with Crippen LogP contribution in [0.15, 0.2) is 12.8 Å². The molecule has 0 saturated heterocycles. The van der Waals surface area contributed by atoms with E-state index in [1.54, 1.807) is 0 Å². The average Bonchev–Trinajstić information content (AvgIpc) is 1.85. The van der Waals surface area contributed by atoms with Gasteiger partial charge in [-0.3, -0.25) is 0 Å². The molecule has 4 nitrogen and oxygen atoms in total. The first-order valence-electron chi connectivity index (χ1n) is 2.40. The molecule has 0 bridgehead atoms. The van der Waals surface area contributed by atoms with Gasteiger partial charge in [0.15, 0.2) is 0 Å². The van der Waals surface area contributed by atoms with E-state index in [2.05, 4.69) is 17.2 Å². The first kappa shape index (κ1) is 7.68. The van der Waals surface area contributed by atoms with Crippen LogP contribution < -0.4 is 10.6 Å². The maximum Gasteiger partial charge on any atom is 0.319 e. The molecule has 0 aliphatic carbocycles. The van der Waals surface area contributed by atoms with Gasteiger partial charge in [-0.25, -0.2) is 4.79 Å². The number of carbonyl (C=O) groups is 2. The highest BCUT2D eigenvalue weighted by Gasteiger charge is 1.90. The molecule has 2 N–H and O–H groups in total. The van der Waals surface area contributed by atoms with Crippen molar-refractivity contribution in [1.82, 2.24) is 10.6 Å². The van der Waals surface area contributed by atoms with Crippen LogP contribution in [0, 0.1) is 0 Å². The smallest absolute Gasteiger partial charge is 0.319 e. The van der Waals surface area contributed by atoms with Crippen LogP contribution in [-0.2, 0) is 4.79 Å². The normalized spacial score (nSPS) is 7.56. The summed E-state index contributed by atoms with van der Waals surface area (Å²) >= 11 is 0. The summed E-state index contributed by atoms with van der Waals surface area (Å²) in [7, 11) is 0. The fourth-order valence-electron chi connectivity index (χ4n) is 0.278. The molecule has 0 fully saturated rings. The lowest BCUT2D eigenvalue weighted by molar-refractivity contribution is -0.107. The number of amides is 2. The second kappa shape index (κ2) is 4.83. The molecule has 0 heterocycles. The number of nitrogens with one attached hydrogen (secondary N) is 2. The van der Waals surface area contributed by atoms with Gasteiger partial charge in [0.05, 0.1) is 6.54 Å². The molecular formula is C5H8N2O2. The second-order valence-electron chi connectivity index (χ2n) is 1.23. The number of rotatable bonds is 3. The third-order valence-corrected chi connectivity index (χ3v) is 0.579. The molecule has 0 atom stereocenters. The fourth-order valence-corrected chi connectivity index (χ4v) is 0.278. The van der Waals surface area contributed by atoms with E-state index >= 15 is 0 Å². The molecule has 0 aromatic rings. The molecule has 2 amide bonds. The summed E-state index contributed by atoms with van der Waals surface area (Å²) in [5.74, 6) is 0. The molecule has 50 valence electrons. The summed E-state index contributed by atoms with van der Waals surface area (Å²) < 4.78 is 0. The molecule has 0 saturated carbocycles. The Morgan fingerprint density at radius 2 is 2.33 bits per heavy atom. The quantitative estimate of drug-likeness (QED) is 0.509. The number of carbonyl (C=O) groups excluding carboxylic acids is 2. The van der Waals surface area contributed by atoms with Gasteiger partial charge in [0.2, 0.25) is 0 Å². The molecule has 0 spiro atoms. The SMILES string of the molecule is C=CNC(=O)NCC=O. The van der Waals surface area contributed by atoms with Crippen molar-refractivity contribution in [3.63, 3.8) is 0 Å². The van der Waals surface area contributed by atoms with Gasteiger partial charge in [0.25, 0.3) is 0 Å². The monoisotopic (exact) mass is 128 g/mol. The molecule has 0 aromatic heterocycles. The van der Waals surface area contributed by atoms with E-state index in [1.165, 1.54) is 6.20 Å². The van der Waals surface area contributed by atoms with Gasteiger partial charge in [-0.2, -0.15) is 0 Å². The van der Waals surface area contributed by atoms with Gasteiger partial charge in [0, 0.05) is 0 Å². The fraction of sp³-hybridized carbons (Fsp3) is 0.200. The third kappa shape index (κ3) is 4.53. The van der Waals surface area contributed by atoms with Crippen LogP contribution in [0.1, 0.15) is 0 Å². The first-order valence-corrected chi connectivity index (χ1v) is 2.40. The Labute approximate surface area is 52.9 Å². The van der Waals surface area contributed by atoms with Crippen LogP contribution in [-0.4, -0.2) is 18.9 Å². The number of aldehydes is 1. The zero-order valence-corrected chi connectivity index (χ0v) is 4.89. The molecule has 0 radical (unpaired) electrons. The zero-order chi connectivity index (χ0) is 7.11. The number of hydrogen-bond acceptors (Lipinski definition) is 2. The molecule has 0 aliphatic rings. The van der Waals surface area contributed by atoms with Crippen molar-refractivity contribution in [2.45, 2.75) is 0 Å². The minimum atomic E-state index is -0.419. The molecule has 0 rings (SSSR count). The van der Waals surface area contributed by atoms with E-state index in [9.17, 15) is 9.59 Å². The van der Waals surface area contributed by atoms with E-state index in [0.717, 1.165) is 0 Å². The van der Waals surface area contributed by atoms with Crippen molar-refractivity contribution in [2.75, 3.05) is 6.54 Å². The highest BCUT2D eigenvalue weighted by Crippen LogP contribution is 1.60. The Morgan fingerprint density at radius 3 is 2.78 bits per heavy atom. The van der Waals surface area contributed by atoms with Crippen LogP contribution in [0.5, 0.6) is 0 Å². The minimum absolute atomic E-state index is 0.0275. The largest absolute Gasteiger partial charge is 0.331 e. The summed E-state index contributed by atoms with van der Waals surface area (Å²) in [6.45, 7) is 3.28. The highest BCUT2D eigenvalue weighted by molar-refractivity contribution is 5.77. The van der Waals surface area contributed by atoms with Crippen molar-refractivity contribution in [3.8, 4) is 0 Å². The lowest BCUT2D eigenvalue weighted by Crippen LogP contribution is -2.32. The summed E-state index contributed by atoms with van der Waals surface area (Å²) in [4.78, 5) is 20.0. The number of urea groups is 1. The van der Waals surface area contributed by atoms with Gasteiger partial charge in [0.1, 0.15) is 6.29 Å². The molecule has 4 heteroatoms. The molecule has 0 aliphatic heterocycles. The predicted molar refractivity (Wildman–Crippen MR) is 32.8 cm³/mol. The van der Waals surface area contributed by atoms with E-state index in [4.69, 9.17) is 0 Å². The Bertz CT molecular complexity index is 122. The topological polar surface area (TPSA) is 58.2 Å². The first-order chi connectivity index (χ1) is 4.31. The Morgan fingerprint density at radius 1 is 1.67 bits per heavy atom. The van der Waals surface area contributed by atoms with Crippen LogP contribution >= 0.6 is 0 Å². The molecule has 0 aromatic carbocycles. The molecular weight excluding hydrogens is 120 g/mol. The van der Waals surface area contributed by atoms with Crippen molar-refractivity contribution in [3.05, 3.63) is 12.8 Å². The summed E-state index contributed by atoms with van der Waals surface area (Å²) in [6, 6.07) is -0.419. The van der Waals surface area contributed by atoms with E-state index < -0.39 is 6.03 Å². The second-order valence-corrected chi connectivity index (χ2v) is 1.23. The lowest BCUT2D eigenvalue weighted by Gasteiger charge is -1.96. The summed E-state index contributed by atoms with van der Waals surface area (Å²) in [6.07, 6.45) is 1.84. The maximum absolute atomic E-state index is 10.3. The zero-order valence-electron chi connectivity index (χ0n) is 4.89. The average molecular weight is 128 g/mol. The Kier molecular flexibility index (Phi) is 4.12. The van der Waals surface area contributed by atoms with Crippen molar-refractivity contribution >= 4 is 12.3 Å². The van der Waals surface area contributed by atoms with Gasteiger partial charge >= 0.3 is 6.03 Å². The Hall–Kier alpha value is -1.32. The van der Waals surface area contributed by atoms with E-state index in [0.29, 0.717) is 6.29 Å². The van der Waals surface area contributed by atoms with Crippen LogP contribution in [0.2, 0.25) is 0 Å². The van der Waals surface area contributed by atoms with Gasteiger partial charge in [-0.1, -0.05) is 6.58 Å². The van der Waals surface area contributed by atoms with Crippen molar-refractivity contribution < 1.29 is 9.59 Å². The molecule has 9 heavy (non-hydrogen) atoms. The van der Waals surface area contributed by atoms with Gasteiger partial charge in [-0.05, 0) is 6.20 Å². The standard InChI is InChI=1S/C5H8N2O2/c1-2-6-5(9)7-3-4-8/h2,4H,1,3H2,(H2,6,7,9). The van der Waals surface area contributed by atoms with E-state index in [-0.39, 0.29) is 6.54 Å². The van der Waals surface area contributed by atoms with Crippen molar-refractivity contribution in [1.29, 1.82) is 0 Å². The third-order valence-electron chi connectivity index (χ3n) is 0.579. The van der Waals surface area contributed by atoms with Gasteiger partial charge < -0.3 is 15.4 Å². The molecule has 0 unspecified atom stereocenters. The van der Waals surface area contributed by atoms with Gasteiger partial charge in [-0.15, -0.1) is 0 Å². The van der Waals surface area contributed by atoms with Crippen LogP contribution in [0.4, 0.5) is 4.79 Å². The van der Waals surface area contributed by atoms with Crippen LogP contribution in [0.25, 0.3) is 0 Å².